The molecule has 1 aromatic rings. The SMILES string of the molecule is CC1=C(C)C(=NOC(=O)c2cc([N+](=O)[O-])cc([N+](=O)[O-])c2)C=CC1=O. The number of ketones is 1. The molecule has 1 aliphatic carbocycles. The van der Waals surface area contributed by atoms with Gasteiger partial charge in [0.2, 0.25) is 0 Å². The van der Waals surface area contributed by atoms with Gasteiger partial charge in [0.25, 0.3) is 11.4 Å². The number of hydrogen-bond acceptors (Lipinski definition) is 8. The van der Waals surface area contributed by atoms with Gasteiger partial charge in [0.05, 0.1) is 21.5 Å². The van der Waals surface area contributed by atoms with Crippen molar-refractivity contribution >= 4 is 28.8 Å². The second-order valence-electron chi connectivity index (χ2n) is 5.06. The number of rotatable bonds is 4. The Balaban J connectivity index is 2.31. The first kappa shape index (κ1) is 17.7. The number of nitrogens with zero attached hydrogens (tertiary/aromatic N) is 3. The molecule has 25 heavy (non-hydrogen) atoms. The molecule has 0 spiro atoms. The lowest BCUT2D eigenvalue weighted by molar-refractivity contribution is -0.394. The van der Waals surface area contributed by atoms with E-state index < -0.39 is 27.2 Å². The van der Waals surface area contributed by atoms with Crippen LogP contribution in [0.15, 0.2) is 46.7 Å². The second kappa shape index (κ2) is 6.83. The van der Waals surface area contributed by atoms with Gasteiger partial charge in [-0.2, -0.15) is 0 Å². The van der Waals surface area contributed by atoms with Gasteiger partial charge in [0.15, 0.2) is 5.78 Å². The molecule has 1 aromatic carbocycles. The van der Waals surface area contributed by atoms with Gasteiger partial charge in [0.1, 0.15) is 5.71 Å². The van der Waals surface area contributed by atoms with Crippen LogP contribution in [0.4, 0.5) is 11.4 Å². The van der Waals surface area contributed by atoms with E-state index in [2.05, 4.69) is 5.16 Å². The van der Waals surface area contributed by atoms with Crippen LogP contribution in [-0.4, -0.2) is 27.3 Å². The Labute approximate surface area is 140 Å². The van der Waals surface area contributed by atoms with Crippen molar-refractivity contribution in [2.75, 3.05) is 0 Å². The van der Waals surface area contributed by atoms with Crippen LogP contribution in [0, 0.1) is 20.2 Å². The van der Waals surface area contributed by atoms with Crippen molar-refractivity contribution in [2.45, 2.75) is 13.8 Å². The summed E-state index contributed by atoms with van der Waals surface area (Å²) in [6, 6.07) is 2.43. The Kier molecular flexibility index (Phi) is 4.82. The Morgan fingerprint density at radius 1 is 1.00 bits per heavy atom. The number of nitro benzene ring substituents is 2. The van der Waals surface area contributed by atoms with E-state index in [0.717, 1.165) is 18.2 Å². The van der Waals surface area contributed by atoms with E-state index in [9.17, 15) is 29.8 Å². The molecule has 10 heteroatoms. The number of carbonyl (C=O) groups is 2. The highest BCUT2D eigenvalue weighted by Gasteiger charge is 2.21. The van der Waals surface area contributed by atoms with Gasteiger partial charge in [-0.1, -0.05) is 5.16 Å². The van der Waals surface area contributed by atoms with Gasteiger partial charge >= 0.3 is 5.97 Å². The van der Waals surface area contributed by atoms with Gasteiger partial charge in [0, 0.05) is 17.7 Å². The highest BCUT2D eigenvalue weighted by Crippen LogP contribution is 2.23. The average Bonchev–Trinajstić information content (AvgIpc) is 2.58. The zero-order valence-corrected chi connectivity index (χ0v) is 13.1. The minimum absolute atomic E-state index is 0.197. The molecule has 0 heterocycles. The minimum Gasteiger partial charge on any atom is -0.312 e. The molecular formula is C15H11N3O7. The highest BCUT2D eigenvalue weighted by atomic mass is 16.7. The zero-order valence-electron chi connectivity index (χ0n) is 13.1. The van der Waals surface area contributed by atoms with Crippen LogP contribution < -0.4 is 0 Å². The Morgan fingerprint density at radius 3 is 2.08 bits per heavy atom. The smallest absolute Gasteiger partial charge is 0.312 e. The van der Waals surface area contributed by atoms with Crippen molar-refractivity contribution < 1.29 is 24.3 Å². The number of allylic oxidation sites excluding steroid dienone is 4. The van der Waals surface area contributed by atoms with E-state index in [0.29, 0.717) is 11.1 Å². The number of carbonyl (C=O) groups excluding carboxylic acids is 2. The van der Waals surface area contributed by atoms with Gasteiger partial charge in [-0.05, 0) is 31.6 Å². The average molecular weight is 345 g/mol. The molecule has 0 saturated heterocycles. The summed E-state index contributed by atoms with van der Waals surface area (Å²) < 4.78 is 0. The quantitative estimate of drug-likeness (QED) is 0.353. The van der Waals surface area contributed by atoms with Crippen LogP contribution in [-0.2, 0) is 9.63 Å². The summed E-state index contributed by atoms with van der Waals surface area (Å²) in [5, 5.41) is 25.2. The summed E-state index contributed by atoms with van der Waals surface area (Å²) in [5.74, 6) is -1.30. The van der Waals surface area contributed by atoms with Crippen molar-refractivity contribution in [2.24, 2.45) is 5.16 Å². The largest absolute Gasteiger partial charge is 0.366 e. The molecule has 0 aliphatic heterocycles. The van der Waals surface area contributed by atoms with E-state index in [-0.39, 0.29) is 17.1 Å². The predicted octanol–water partition coefficient (Wildman–Crippen LogP) is 2.49. The number of oxime groups is 1. The van der Waals surface area contributed by atoms with Gasteiger partial charge < -0.3 is 4.84 Å². The first-order valence-corrected chi connectivity index (χ1v) is 6.84. The molecule has 0 bridgehead atoms. The Morgan fingerprint density at radius 2 is 1.56 bits per heavy atom. The monoisotopic (exact) mass is 345 g/mol. The number of hydrogen-bond donors (Lipinski definition) is 0. The maximum absolute atomic E-state index is 12.0. The van der Waals surface area contributed by atoms with Gasteiger partial charge in [-0.25, -0.2) is 4.79 Å². The first-order valence-electron chi connectivity index (χ1n) is 6.84. The lowest BCUT2D eigenvalue weighted by Crippen LogP contribution is -2.12. The van der Waals surface area contributed by atoms with E-state index in [1.165, 1.54) is 12.2 Å². The highest BCUT2D eigenvalue weighted by molar-refractivity contribution is 6.21. The van der Waals surface area contributed by atoms with E-state index >= 15 is 0 Å². The van der Waals surface area contributed by atoms with Crippen molar-refractivity contribution in [3.63, 3.8) is 0 Å². The van der Waals surface area contributed by atoms with E-state index in [1.807, 2.05) is 0 Å². The molecule has 0 fully saturated rings. The standard InChI is InChI=1S/C15H11N3O7/c1-8-9(2)14(19)4-3-13(8)16-25-15(20)10-5-11(17(21)22)7-12(6-10)18(23)24/h3-7H,1-2H3. The summed E-state index contributed by atoms with van der Waals surface area (Å²) in [4.78, 5) is 48.1. The van der Waals surface area contributed by atoms with Crippen LogP contribution in [0.2, 0.25) is 0 Å². The molecular weight excluding hydrogens is 334 g/mol. The minimum atomic E-state index is -1.10. The third kappa shape index (κ3) is 3.80. The molecule has 128 valence electrons. The lowest BCUT2D eigenvalue weighted by Gasteiger charge is -2.09. The summed E-state index contributed by atoms with van der Waals surface area (Å²) >= 11 is 0. The van der Waals surface area contributed by atoms with Gasteiger partial charge in [-0.15, -0.1) is 0 Å². The summed E-state index contributed by atoms with van der Waals surface area (Å²) in [6.45, 7) is 3.20. The summed E-state index contributed by atoms with van der Waals surface area (Å²) in [6.07, 6.45) is 2.61. The molecule has 1 aliphatic rings. The number of nitro groups is 2. The summed E-state index contributed by atoms with van der Waals surface area (Å²) in [5.41, 5.74) is -0.466. The number of non-ortho nitro benzene ring substituents is 2. The molecule has 0 saturated carbocycles. The fraction of sp³-hybridized carbons (Fsp3) is 0.133. The normalized spacial score (nSPS) is 15.4. The van der Waals surface area contributed by atoms with Gasteiger partial charge in [-0.3, -0.25) is 25.0 Å². The predicted molar refractivity (Wildman–Crippen MR) is 85.1 cm³/mol. The summed E-state index contributed by atoms with van der Waals surface area (Å²) in [7, 11) is 0. The zero-order chi connectivity index (χ0) is 18.7. The molecule has 0 unspecified atom stereocenters. The molecule has 0 atom stereocenters. The van der Waals surface area contributed by atoms with E-state index in [1.54, 1.807) is 13.8 Å². The Bertz CT molecular complexity index is 864. The second-order valence-corrected chi connectivity index (χ2v) is 5.06. The van der Waals surface area contributed by atoms with Crippen molar-refractivity contribution in [1.82, 2.24) is 0 Å². The van der Waals surface area contributed by atoms with Crippen LogP contribution in [0.3, 0.4) is 0 Å². The molecule has 10 nitrogen and oxygen atoms in total. The molecule has 0 amide bonds. The Hall–Kier alpha value is -3.69. The fourth-order valence-electron chi connectivity index (χ4n) is 1.95. The molecule has 0 radical (unpaired) electrons. The first-order chi connectivity index (χ1) is 11.7. The van der Waals surface area contributed by atoms with Crippen molar-refractivity contribution in [3.05, 3.63) is 67.3 Å². The number of benzene rings is 1. The van der Waals surface area contributed by atoms with Crippen LogP contribution in [0.25, 0.3) is 0 Å². The van der Waals surface area contributed by atoms with Crippen LogP contribution >= 0.6 is 0 Å². The lowest BCUT2D eigenvalue weighted by atomic mass is 9.97. The van der Waals surface area contributed by atoms with Crippen LogP contribution in [0.5, 0.6) is 0 Å². The molecule has 0 aromatic heterocycles. The van der Waals surface area contributed by atoms with Crippen molar-refractivity contribution in [3.8, 4) is 0 Å². The van der Waals surface area contributed by atoms with Crippen LogP contribution in [0.1, 0.15) is 24.2 Å². The maximum Gasteiger partial charge on any atom is 0.366 e. The fourth-order valence-corrected chi connectivity index (χ4v) is 1.95. The van der Waals surface area contributed by atoms with E-state index in [4.69, 9.17) is 4.84 Å². The topological polar surface area (TPSA) is 142 Å². The maximum atomic E-state index is 12.0. The molecule has 0 N–H and O–H groups in total. The van der Waals surface area contributed by atoms with Crippen molar-refractivity contribution in [1.29, 1.82) is 0 Å². The third-order valence-electron chi connectivity index (χ3n) is 3.50. The third-order valence-corrected chi connectivity index (χ3v) is 3.50. The molecule has 2 rings (SSSR count).